The molecule has 1 saturated heterocycles. The molecule has 2 heterocycles. The van der Waals surface area contributed by atoms with Gasteiger partial charge in [-0.25, -0.2) is 0 Å². The Balaban J connectivity index is 1.88. The van der Waals surface area contributed by atoms with Crippen molar-refractivity contribution >= 4 is 16.5 Å². The molecular formula is C22H24N2O2. The first-order chi connectivity index (χ1) is 12.8. The topological polar surface area (TPSA) is 43.3 Å². The summed E-state index contributed by atoms with van der Waals surface area (Å²) < 4.78 is 7.29. The minimum absolute atomic E-state index is 0.0423. The Hall–Kier alpha value is -2.59. The van der Waals surface area contributed by atoms with Crippen LogP contribution >= 0.6 is 0 Å². The van der Waals surface area contributed by atoms with E-state index in [1.54, 1.807) is 0 Å². The summed E-state index contributed by atoms with van der Waals surface area (Å²) >= 11 is 0. The first-order valence-electron chi connectivity index (χ1n) is 9.35. The molecule has 0 bridgehead atoms. The van der Waals surface area contributed by atoms with E-state index in [9.17, 15) is 4.79 Å². The number of nitrogens with zero attached hydrogens (tertiary/aromatic N) is 1. The zero-order valence-corrected chi connectivity index (χ0v) is 15.1. The smallest absolute Gasteiger partial charge is 0.265 e. The van der Waals surface area contributed by atoms with Gasteiger partial charge in [0.05, 0.1) is 5.39 Å². The summed E-state index contributed by atoms with van der Waals surface area (Å²) in [5, 5.41) is 5.35. The molecule has 1 aliphatic heterocycles. The zero-order chi connectivity index (χ0) is 17.9. The van der Waals surface area contributed by atoms with Crippen LogP contribution in [0.5, 0.6) is 0 Å². The average Bonchev–Trinajstić information content (AvgIpc) is 2.69. The number of aryl methyl sites for hydroxylation is 1. The molecule has 1 aromatic heterocycles. The van der Waals surface area contributed by atoms with Crippen LogP contribution in [0.2, 0.25) is 0 Å². The van der Waals surface area contributed by atoms with E-state index in [0.29, 0.717) is 6.04 Å². The number of aromatic nitrogens is 1. The van der Waals surface area contributed by atoms with Crippen molar-refractivity contribution in [3.05, 3.63) is 70.6 Å². The molecule has 3 aromatic rings. The van der Waals surface area contributed by atoms with Gasteiger partial charge in [0.2, 0.25) is 0 Å². The van der Waals surface area contributed by atoms with Crippen LogP contribution in [0.15, 0.2) is 59.4 Å². The van der Waals surface area contributed by atoms with E-state index in [1.165, 1.54) is 0 Å². The molecule has 0 saturated carbocycles. The van der Waals surface area contributed by atoms with Crippen molar-refractivity contribution in [1.82, 2.24) is 4.57 Å². The van der Waals surface area contributed by atoms with Crippen LogP contribution in [0.1, 0.15) is 25.5 Å². The largest absolute Gasteiger partial charge is 0.381 e. The van der Waals surface area contributed by atoms with Gasteiger partial charge in [-0.1, -0.05) is 37.3 Å². The van der Waals surface area contributed by atoms with Crippen molar-refractivity contribution in [3.63, 3.8) is 0 Å². The number of nitrogens with one attached hydrogen (secondary N) is 1. The van der Waals surface area contributed by atoms with Crippen LogP contribution in [0, 0.1) is 0 Å². The molecule has 2 aromatic carbocycles. The number of rotatable bonds is 4. The molecule has 26 heavy (non-hydrogen) atoms. The van der Waals surface area contributed by atoms with Gasteiger partial charge < -0.3 is 10.1 Å². The van der Waals surface area contributed by atoms with Gasteiger partial charge in [-0.15, -0.1) is 0 Å². The molecular weight excluding hydrogens is 324 g/mol. The number of hydrogen-bond acceptors (Lipinski definition) is 3. The number of benzene rings is 2. The maximum atomic E-state index is 13.5. The lowest BCUT2D eigenvalue weighted by Crippen LogP contribution is -2.29. The van der Waals surface area contributed by atoms with Gasteiger partial charge in [0.25, 0.3) is 5.56 Å². The second-order valence-electron chi connectivity index (χ2n) is 6.77. The molecule has 0 radical (unpaired) electrons. The number of ether oxygens (including phenoxy) is 1. The highest BCUT2D eigenvalue weighted by Gasteiger charge is 2.17. The van der Waals surface area contributed by atoms with E-state index in [0.717, 1.165) is 60.3 Å². The molecule has 4 heteroatoms. The van der Waals surface area contributed by atoms with E-state index in [2.05, 4.69) is 18.3 Å². The highest BCUT2D eigenvalue weighted by molar-refractivity contribution is 5.93. The number of pyridine rings is 1. The fraction of sp³-hybridized carbons (Fsp3) is 0.318. The summed E-state index contributed by atoms with van der Waals surface area (Å²) in [6.45, 7) is 3.64. The molecule has 1 N–H and O–H groups in total. The van der Waals surface area contributed by atoms with Crippen molar-refractivity contribution < 1.29 is 4.74 Å². The fourth-order valence-corrected chi connectivity index (χ4v) is 3.72. The van der Waals surface area contributed by atoms with Gasteiger partial charge in [0.15, 0.2) is 0 Å². The summed E-state index contributed by atoms with van der Waals surface area (Å²) in [6.07, 6.45) is 2.74. The average molecular weight is 348 g/mol. The van der Waals surface area contributed by atoms with Gasteiger partial charge >= 0.3 is 0 Å². The third kappa shape index (κ3) is 3.13. The fourth-order valence-electron chi connectivity index (χ4n) is 3.72. The Morgan fingerprint density at radius 3 is 2.58 bits per heavy atom. The third-order valence-corrected chi connectivity index (χ3v) is 5.08. The van der Waals surface area contributed by atoms with Crippen molar-refractivity contribution in [1.29, 1.82) is 0 Å². The summed E-state index contributed by atoms with van der Waals surface area (Å²) in [4.78, 5) is 13.5. The van der Waals surface area contributed by atoms with Crippen LogP contribution in [0.3, 0.4) is 0 Å². The quantitative estimate of drug-likeness (QED) is 0.770. The van der Waals surface area contributed by atoms with Crippen molar-refractivity contribution in [2.75, 3.05) is 18.5 Å². The van der Waals surface area contributed by atoms with E-state index in [1.807, 2.05) is 53.1 Å². The molecule has 0 atom stereocenters. The predicted molar refractivity (Wildman–Crippen MR) is 106 cm³/mol. The van der Waals surface area contributed by atoms with Crippen LogP contribution < -0.4 is 10.9 Å². The highest BCUT2D eigenvalue weighted by Crippen LogP contribution is 2.25. The summed E-state index contributed by atoms with van der Waals surface area (Å²) in [5.41, 5.74) is 2.90. The van der Waals surface area contributed by atoms with Gasteiger partial charge in [0.1, 0.15) is 0 Å². The molecule has 1 fully saturated rings. The summed E-state index contributed by atoms with van der Waals surface area (Å²) in [5.74, 6) is 0. The SMILES string of the molecule is CCc1cc2cccc(NC3CCOCC3)c2c(=O)n1-c1ccccc1. The van der Waals surface area contributed by atoms with Crippen molar-refractivity contribution in [3.8, 4) is 5.69 Å². The Morgan fingerprint density at radius 2 is 1.85 bits per heavy atom. The normalized spacial score (nSPS) is 15.3. The summed E-state index contributed by atoms with van der Waals surface area (Å²) in [6, 6.07) is 18.4. The van der Waals surface area contributed by atoms with Crippen LogP contribution in [0.25, 0.3) is 16.5 Å². The van der Waals surface area contributed by atoms with Gasteiger partial charge in [-0.2, -0.15) is 0 Å². The molecule has 4 rings (SSSR count). The number of fused-ring (bicyclic) bond motifs is 1. The van der Waals surface area contributed by atoms with Crippen molar-refractivity contribution in [2.45, 2.75) is 32.2 Å². The van der Waals surface area contributed by atoms with Crippen LogP contribution in [-0.2, 0) is 11.2 Å². The third-order valence-electron chi connectivity index (χ3n) is 5.08. The number of para-hydroxylation sites is 1. The summed E-state index contributed by atoms with van der Waals surface area (Å²) in [7, 11) is 0. The van der Waals surface area contributed by atoms with Gasteiger partial charge in [-0.05, 0) is 48.9 Å². The minimum Gasteiger partial charge on any atom is -0.381 e. The maximum Gasteiger partial charge on any atom is 0.265 e. The highest BCUT2D eigenvalue weighted by atomic mass is 16.5. The monoisotopic (exact) mass is 348 g/mol. The molecule has 1 aliphatic rings. The first kappa shape index (κ1) is 16.9. The van der Waals surface area contributed by atoms with Gasteiger partial charge in [-0.3, -0.25) is 9.36 Å². The standard InChI is InChI=1S/C22H24N2O2/c1-2-18-15-16-7-6-10-20(23-17-11-13-26-14-12-17)21(16)22(25)24(18)19-8-4-3-5-9-19/h3-10,15,17,23H,2,11-14H2,1H3. The minimum atomic E-state index is 0.0423. The van der Waals surface area contributed by atoms with Crippen molar-refractivity contribution in [2.24, 2.45) is 0 Å². The van der Waals surface area contributed by atoms with E-state index < -0.39 is 0 Å². The predicted octanol–water partition coefficient (Wildman–Crippen LogP) is 4.14. The number of hydrogen-bond donors (Lipinski definition) is 1. The molecule has 0 unspecified atom stereocenters. The Morgan fingerprint density at radius 1 is 1.08 bits per heavy atom. The van der Waals surface area contributed by atoms with E-state index in [-0.39, 0.29) is 5.56 Å². The number of anilines is 1. The van der Waals surface area contributed by atoms with E-state index >= 15 is 0 Å². The second kappa shape index (κ2) is 7.34. The molecule has 0 spiro atoms. The lowest BCUT2D eigenvalue weighted by atomic mass is 10.0. The Bertz CT molecular complexity index is 957. The molecule has 0 amide bonds. The maximum absolute atomic E-state index is 13.5. The van der Waals surface area contributed by atoms with Gasteiger partial charge in [0, 0.05) is 36.3 Å². The van der Waals surface area contributed by atoms with Crippen LogP contribution in [-0.4, -0.2) is 23.8 Å². The Labute approximate surface area is 153 Å². The molecule has 134 valence electrons. The molecule has 4 nitrogen and oxygen atoms in total. The Kier molecular flexibility index (Phi) is 4.76. The lowest BCUT2D eigenvalue weighted by molar-refractivity contribution is 0.0905. The molecule has 0 aliphatic carbocycles. The van der Waals surface area contributed by atoms with E-state index in [4.69, 9.17) is 4.74 Å². The lowest BCUT2D eigenvalue weighted by Gasteiger charge is -2.25. The zero-order valence-electron chi connectivity index (χ0n) is 15.1. The first-order valence-corrected chi connectivity index (χ1v) is 9.35. The second-order valence-corrected chi connectivity index (χ2v) is 6.77. The van der Waals surface area contributed by atoms with Crippen LogP contribution in [0.4, 0.5) is 5.69 Å².